The van der Waals surface area contributed by atoms with Crippen molar-refractivity contribution in [1.82, 2.24) is 5.32 Å². The molecule has 1 aliphatic carbocycles. The summed E-state index contributed by atoms with van der Waals surface area (Å²) < 4.78 is 24.6. The van der Waals surface area contributed by atoms with Crippen LogP contribution < -0.4 is 5.32 Å². The van der Waals surface area contributed by atoms with E-state index in [0.29, 0.717) is 35.4 Å². The van der Waals surface area contributed by atoms with Gasteiger partial charge in [-0.1, -0.05) is 12.1 Å². The van der Waals surface area contributed by atoms with Crippen LogP contribution in [-0.2, 0) is 19.1 Å². The van der Waals surface area contributed by atoms with Crippen LogP contribution in [0.1, 0.15) is 50.5 Å². The summed E-state index contributed by atoms with van der Waals surface area (Å²) in [6, 6.07) is 5.99. The first kappa shape index (κ1) is 18.9. The van der Waals surface area contributed by atoms with E-state index in [2.05, 4.69) is 5.32 Å². The van der Waals surface area contributed by atoms with E-state index in [9.17, 15) is 14.0 Å². The van der Waals surface area contributed by atoms with E-state index in [0.717, 1.165) is 31.4 Å². The van der Waals surface area contributed by atoms with E-state index >= 15 is 0 Å². The molecule has 0 amide bonds. The molecule has 4 rings (SSSR count). The smallest absolute Gasteiger partial charge is 0.336 e. The zero-order valence-corrected chi connectivity index (χ0v) is 15.9. The third kappa shape index (κ3) is 3.61. The minimum Gasteiger partial charge on any atom is -0.459 e. The van der Waals surface area contributed by atoms with Gasteiger partial charge in [0.1, 0.15) is 12.4 Å². The topological polar surface area (TPSA) is 64.6 Å². The van der Waals surface area contributed by atoms with Gasteiger partial charge in [0.25, 0.3) is 0 Å². The molecule has 148 valence electrons. The van der Waals surface area contributed by atoms with Crippen LogP contribution in [0.5, 0.6) is 0 Å². The lowest BCUT2D eigenvalue weighted by Gasteiger charge is -2.34. The van der Waals surface area contributed by atoms with Crippen LogP contribution >= 0.6 is 0 Å². The molecule has 2 atom stereocenters. The fourth-order valence-electron chi connectivity index (χ4n) is 4.26. The van der Waals surface area contributed by atoms with Crippen molar-refractivity contribution in [2.24, 2.45) is 0 Å². The van der Waals surface area contributed by atoms with Gasteiger partial charge in [-0.3, -0.25) is 4.79 Å². The van der Waals surface area contributed by atoms with Gasteiger partial charge in [-0.15, -0.1) is 0 Å². The van der Waals surface area contributed by atoms with Crippen molar-refractivity contribution >= 4 is 11.8 Å². The summed E-state index contributed by atoms with van der Waals surface area (Å²) in [7, 11) is 0. The number of carbonyl (C=O) groups is 2. The monoisotopic (exact) mass is 385 g/mol. The number of allylic oxidation sites excluding steroid dienone is 3. The summed E-state index contributed by atoms with van der Waals surface area (Å²) in [5.74, 6) is -1.33. The van der Waals surface area contributed by atoms with Gasteiger partial charge >= 0.3 is 5.97 Å². The molecule has 5 nitrogen and oxygen atoms in total. The summed E-state index contributed by atoms with van der Waals surface area (Å²) in [6.07, 6.45) is 3.76. The Kier molecular flexibility index (Phi) is 5.31. The molecule has 1 fully saturated rings. The number of hydrogen-bond acceptors (Lipinski definition) is 5. The van der Waals surface area contributed by atoms with Gasteiger partial charge in [0, 0.05) is 35.9 Å². The van der Waals surface area contributed by atoms with Crippen LogP contribution in [0.15, 0.2) is 46.8 Å². The standard InChI is InChI=1S/C22H24FNO4/c1-13-19(22(26)28-12-16-4-3-11-27-16)20(14-7-9-15(23)10-8-14)21-17(24-13)5-2-6-18(21)25/h7-10,16,20,24H,2-6,11-12H2,1H3/t16-,20+/m1/s1. The zero-order valence-electron chi connectivity index (χ0n) is 15.9. The lowest BCUT2D eigenvalue weighted by molar-refractivity contribution is -0.142. The normalized spacial score (nSPS) is 24.9. The van der Waals surface area contributed by atoms with E-state index in [-0.39, 0.29) is 24.3 Å². The third-order valence-corrected chi connectivity index (χ3v) is 5.62. The minimum atomic E-state index is -0.540. The molecular formula is C22H24FNO4. The van der Waals surface area contributed by atoms with Gasteiger partial charge in [-0.25, -0.2) is 9.18 Å². The molecule has 1 saturated heterocycles. The molecule has 0 radical (unpaired) electrons. The lowest BCUT2D eigenvalue weighted by atomic mass is 9.75. The predicted molar refractivity (Wildman–Crippen MR) is 101 cm³/mol. The van der Waals surface area contributed by atoms with E-state index in [1.807, 2.05) is 6.92 Å². The molecule has 0 aromatic heterocycles. The Bertz CT molecular complexity index is 850. The van der Waals surface area contributed by atoms with Crippen LogP contribution in [-0.4, -0.2) is 31.1 Å². The van der Waals surface area contributed by atoms with Crippen LogP contribution in [0, 0.1) is 5.82 Å². The zero-order chi connectivity index (χ0) is 19.7. The predicted octanol–water partition coefficient (Wildman–Crippen LogP) is 3.52. The Morgan fingerprint density at radius 1 is 1.25 bits per heavy atom. The van der Waals surface area contributed by atoms with Crippen LogP contribution in [0.25, 0.3) is 0 Å². The summed E-state index contributed by atoms with van der Waals surface area (Å²) in [5.41, 5.74) is 3.28. The first-order valence-corrected chi connectivity index (χ1v) is 9.83. The number of rotatable bonds is 4. The molecule has 0 spiro atoms. The number of hydrogen-bond donors (Lipinski definition) is 1. The third-order valence-electron chi connectivity index (χ3n) is 5.62. The number of ether oxygens (including phenoxy) is 2. The molecule has 0 unspecified atom stereocenters. The minimum absolute atomic E-state index is 0.0278. The number of dihydropyridines is 1. The molecule has 2 heterocycles. The second-order valence-corrected chi connectivity index (χ2v) is 7.55. The molecule has 28 heavy (non-hydrogen) atoms. The second kappa shape index (κ2) is 7.87. The lowest BCUT2D eigenvalue weighted by Crippen LogP contribution is -2.35. The molecule has 1 aromatic rings. The highest BCUT2D eigenvalue weighted by atomic mass is 19.1. The molecule has 1 aromatic carbocycles. The van der Waals surface area contributed by atoms with Gasteiger partial charge in [-0.05, 0) is 50.3 Å². The highest BCUT2D eigenvalue weighted by Crippen LogP contribution is 2.42. The van der Waals surface area contributed by atoms with Crippen molar-refractivity contribution in [2.75, 3.05) is 13.2 Å². The Hall–Kier alpha value is -2.47. The number of ketones is 1. The quantitative estimate of drug-likeness (QED) is 0.804. The van der Waals surface area contributed by atoms with Crippen molar-refractivity contribution < 1.29 is 23.5 Å². The average molecular weight is 385 g/mol. The van der Waals surface area contributed by atoms with Crippen molar-refractivity contribution in [3.05, 3.63) is 58.2 Å². The van der Waals surface area contributed by atoms with Crippen LogP contribution in [0.3, 0.4) is 0 Å². The summed E-state index contributed by atoms with van der Waals surface area (Å²) in [6.45, 7) is 2.71. The molecule has 1 N–H and O–H groups in total. The SMILES string of the molecule is CC1=C(C(=O)OC[C@H]2CCCO2)[C@H](c2ccc(F)cc2)C2=C(CCCC2=O)N1. The highest BCUT2D eigenvalue weighted by Gasteiger charge is 2.39. The fraction of sp³-hybridized carbons (Fsp3) is 0.455. The highest BCUT2D eigenvalue weighted by molar-refractivity contribution is 6.03. The number of benzene rings is 1. The van der Waals surface area contributed by atoms with Crippen molar-refractivity contribution in [3.63, 3.8) is 0 Å². The Morgan fingerprint density at radius 2 is 2.04 bits per heavy atom. The number of nitrogens with one attached hydrogen (secondary N) is 1. The van der Waals surface area contributed by atoms with Gasteiger partial charge < -0.3 is 14.8 Å². The second-order valence-electron chi connectivity index (χ2n) is 7.55. The van der Waals surface area contributed by atoms with E-state index in [1.165, 1.54) is 12.1 Å². The number of carbonyl (C=O) groups excluding carboxylic acids is 2. The van der Waals surface area contributed by atoms with Gasteiger partial charge in [0.05, 0.1) is 11.7 Å². The maximum absolute atomic E-state index is 13.5. The maximum atomic E-state index is 13.5. The maximum Gasteiger partial charge on any atom is 0.336 e. The number of halogens is 1. The van der Waals surface area contributed by atoms with E-state index in [1.54, 1.807) is 12.1 Å². The summed E-state index contributed by atoms with van der Waals surface area (Å²) >= 11 is 0. The van der Waals surface area contributed by atoms with Gasteiger partial charge in [-0.2, -0.15) is 0 Å². The first-order chi connectivity index (χ1) is 13.5. The Morgan fingerprint density at radius 3 is 2.75 bits per heavy atom. The molecular weight excluding hydrogens is 361 g/mol. The molecule has 0 saturated carbocycles. The van der Waals surface area contributed by atoms with Gasteiger partial charge in [0.2, 0.25) is 0 Å². The first-order valence-electron chi connectivity index (χ1n) is 9.83. The largest absolute Gasteiger partial charge is 0.459 e. The van der Waals surface area contributed by atoms with Crippen molar-refractivity contribution in [3.8, 4) is 0 Å². The molecule has 3 aliphatic rings. The summed E-state index contributed by atoms with van der Waals surface area (Å²) in [4.78, 5) is 25.8. The van der Waals surface area contributed by atoms with E-state index < -0.39 is 11.9 Å². The summed E-state index contributed by atoms with van der Waals surface area (Å²) in [5, 5.41) is 3.25. The Balaban J connectivity index is 1.68. The number of Topliss-reactive ketones (excluding diaryl/α,β-unsaturated/α-hetero) is 1. The van der Waals surface area contributed by atoms with Crippen LogP contribution in [0.4, 0.5) is 4.39 Å². The van der Waals surface area contributed by atoms with Crippen molar-refractivity contribution in [2.45, 2.75) is 51.0 Å². The molecule has 6 heteroatoms. The molecule has 2 aliphatic heterocycles. The average Bonchev–Trinajstić information content (AvgIpc) is 3.19. The van der Waals surface area contributed by atoms with Crippen molar-refractivity contribution in [1.29, 1.82) is 0 Å². The Labute approximate surface area is 163 Å². The number of esters is 1. The van der Waals surface area contributed by atoms with Gasteiger partial charge in [0.15, 0.2) is 5.78 Å². The molecule has 0 bridgehead atoms. The van der Waals surface area contributed by atoms with E-state index in [4.69, 9.17) is 9.47 Å². The fourth-order valence-corrected chi connectivity index (χ4v) is 4.26. The van der Waals surface area contributed by atoms with Crippen LogP contribution in [0.2, 0.25) is 0 Å².